The molecule has 9 heteroatoms. The molecule has 1 amide bonds. The molecule has 0 radical (unpaired) electrons. The Kier molecular flexibility index (Phi) is 7.80. The molecule has 0 fully saturated rings. The molecule has 1 heterocycles. The lowest BCUT2D eigenvalue weighted by atomic mass is 10.2. The SMILES string of the molecule is Cc1ccc(N(CC(=O)N/N=C/c2cc(C)n(-c3ccccc3)c2C)S(=O)(=O)c2ccccc2)cc1Cl. The number of para-hydroxylation sites is 1. The highest BCUT2D eigenvalue weighted by Crippen LogP contribution is 2.28. The standard InChI is InChI=1S/C28H27ClN4O3S/c1-20-14-15-25(17-27(20)29)32(37(35,36)26-12-8-5-9-13-26)19-28(34)31-30-18-23-16-21(2)33(22(23)3)24-10-6-4-7-11-24/h4-18H,19H2,1-3H3,(H,31,34)/b30-18+. The van der Waals surface area contributed by atoms with Crippen molar-refractivity contribution < 1.29 is 13.2 Å². The van der Waals surface area contributed by atoms with Gasteiger partial charge in [-0.3, -0.25) is 9.10 Å². The zero-order valence-electron chi connectivity index (χ0n) is 20.7. The second kappa shape index (κ2) is 11.0. The van der Waals surface area contributed by atoms with E-state index in [1.54, 1.807) is 36.5 Å². The third-order valence-electron chi connectivity index (χ3n) is 5.94. The van der Waals surface area contributed by atoms with Gasteiger partial charge < -0.3 is 4.57 Å². The van der Waals surface area contributed by atoms with Crippen LogP contribution in [0.2, 0.25) is 5.02 Å². The molecule has 0 aliphatic heterocycles. The quantitative estimate of drug-likeness (QED) is 0.242. The maximum atomic E-state index is 13.4. The molecule has 4 rings (SSSR count). The topological polar surface area (TPSA) is 83.8 Å². The molecule has 37 heavy (non-hydrogen) atoms. The molecule has 0 aliphatic rings. The van der Waals surface area contributed by atoms with Crippen molar-refractivity contribution >= 4 is 39.4 Å². The van der Waals surface area contributed by atoms with Crippen LogP contribution in [0.5, 0.6) is 0 Å². The first-order valence-corrected chi connectivity index (χ1v) is 13.4. The van der Waals surface area contributed by atoms with Crippen molar-refractivity contribution in [3.63, 3.8) is 0 Å². The summed E-state index contributed by atoms with van der Waals surface area (Å²) in [5.41, 5.74) is 7.38. The molecular formula is C28H27ClN4O3S. The number of hydrogen-bond donors (Lipinski definition) is 1. The monoisotopic (exact) mass is 534 g/mol. The summed E-state index contributed by atoms with van der Waals surface area (Å²) in [5, 5.41) is 4.50. The predicted octanol–water partition coefficient (Wildman–Crippen LogP) is 5.40. The predicted molar refractivity (Wildman–Crippen MR) is 148 cm³/mol. The van der Waals surface area contributed by atoms with E-state index in [2.05, 4.69) is 15.1 Å². The minimum Gasteiger partial charge on any atom is -0.318 e. The normalized spacial score (nSPS) is 11.6. The van der Waals surface area contributed by atoms with Crippen molar-refractivity contribution in [3.05, 3.63) is 112 Å². The summed E-state index contributed by atoms with van der Waals surface area (Å²) < 4.78 is 30.0. The number of halogens is 1. The third-order valence-corrected chi connectivity index (χ3v) is 8.13. The van der Waals surface area contributed by atoms with Gasteiger partial charge in [0.2, 0.25) is 0 Å². The highest BCUT2D eigenvalue weighted by molar-refractivity contribution is 7.92. The van der Waals surface area contributed by atoms with E-state index in [1.165, 1.54) is 18.2 Å². The Balaban J connectivity index is 1.56. The summed E-state index contributed by atoms with van der Waals surface area (Å²) >= 11 is 6.27. The molecule has 0 unspecified atom stereocenters. The summed E-state index contributed by atoms with van der Waals surface area (Å²) in [7, 11) is -4.04. The second-order valence-electron chi connectivity index (χ2n) is 8.55. The van der Waals surface area contributed by atoms with Crippen molar-refractivity contribution in [1.82, 2.24) is 9.99 Å². The van der Waals surface area contributed by atoms with Crippen LogP contribution in [0, 0.1) is 20.8 Å². The number of hydrogen-bond acceptors (Lipinski definition) is 4. The Morgan fingerprint density at radius 2 is 1.62 bits per heavy atom. The van der Waals surface area contributed by atoms with E-state index in [4.69, 9.17) is 11.6 Å². The average Bonchev–Trinajstić information content (AvgIpc) is 3.17. The van der Waals surface area contributed by atoms with Gasteiger partial charge in [-0.2, -0.15) is 5.10 Å². The lowest BCUT2D eigenvalue weighted by Crippen LogP contribution is -2.39. The van der Waals surface area contributed by atoms with Crippen molar-refractivity contribution in [2.75, 3.05) is 10.8 Å². The van der Waals surface area contributed by atoms with Gasteiger partial charge >= 0.3 is 0 Å². The highest BCUT2D eigenvalue weighted by atomic mass is 35.5. The number of rotatable bonds is 8. The molecule has 190 valence electrons. The number of aromatic nitrogens is 1. The van der Waals surface area contributed by atoms with Crippen LogP contribution in [0.25, 0.3) is 5.69 Å². The summed E-state index contributed by atoms with van der Waals surface area (Å²) in [5.74, 6) is -0.593. The number of nitrogens with zero attached hydrogens (tertiary/aromatic N) is 3. The maximum Gasteiger partial charge on any atom is 0.264 e. The van der Waals surface area contributed by atoms with Crippen LogP contribution in [0.1, 0.15) is 22.5 Å². The molecule has 0 bridgehead atoms. The van der Waals surface area contributed by atoms with Crippen LogP contribution in [0.15, 0.2) is 94.9 Å². The highest BCUT2D eigenvalue weighted by Gasteiger charge is 2.27. The van der Waals surface area contributed by atoms with Crippen molar-refractivity contribution in [1.29, 1.82) is 0 Å². The first kappa shape index (κ1) is 26.2. The Labute approximate surface area is 222 Å². The lowest BCUT2D eigenvalue weighted by molar-refractivity contribution is -0.119. The number of carbonyl (C=O) groups excluding carboxylic acids is 1. The first-order chi connectivity index (χ1) is 17.7. The number of amides is 1. The fraction of sp³-hybridized carbons (Fsp3) is 0.143. The second-order valence-corrected chi connectivity index (χ2v) is 10.8. The third kappa shape index (κ3) is 5.76. The minimum atomic E-state index is -4.04. The first-order valence-electron chi connectivity index (χ1n) is 11.6. The molecule has 3 aromatic carbocycles. The van der Waals surface area contributed by atoms with Gasteiger partial charge in [-0.15, -0.1) is 0 Å². The largest absolute Gasteiger partial charge is 0.318 e. The van der Waals surface area contributed by atoms with E-state index in [1.807, 2.05) is 57.2 Å². The summed E-state index contributed by atoms with van der Waals surface area (Å²) in [6.07, 6.45) is 1.55. The molecular weight excluding hydrogens is 508 g/mol. The van der Waals surface area contributed by atoms with Crippen molar-refractivity contribution in [2.24, 2.45) is 5.10 Å². The van der Waals surface area contributed by atoms with E-state index >= 15 is 0 Å². The van der Waals surface area contributed by atoms with Gasteiger partial charge in [-0.25, -0.2) is 13.8 Å². The van der Waals surface area contributed by atoms with Crippen LogP contribution < -0.4 is 9.73 Å². The molecule has 0 saturated heterocycles. The van der Waals surface area contributed by atoms with E-state index in [-0.39, 0.29) is 10.6 Å². The average molecular weight is 535 g/mol. The minimum absolute atomic E-state index is 0.0661. The smallest absolute Gasteiger partial charge is 0.264 e. The van der Waals surface area contributed by atoms with Gasteiger partial charge in [0.25, 0.3) is 15.9 Å². The molecule has 0 aliphatic carbocycles. The lowest BCUT2D eigenvalue weighted by Gasteiger charge is -2.24. The number of sulfonamides is 1. The van der Waals surface area contributed by atoms with Crippen LogP contribution in [0.3, 0.4) is 0 Å². The molecule has 1 N–H and O–H groups in total. The molecule has 0 atom stereocenters. The van der Waals surface area contributed by atoms with Crippen LogP contribution in [0.4, 0.5) is 5.69 Å². The Morgan fingerprint density at radius 3 is 2.27 bits per heavy atom. The summed E-state index contributed by atoms with van der Waals surface area (Å²) in [6, 6.07) is 24.7. The number of anilines is 1. The number of nitrogens with one attached hydrogen (secondary N) is 1. The maximum absolute atomic E-state index is 13.4. The molecule has 0 saturated carbocycles. The summed E-state index contributed by atoms with van der Waals surface area (Å²) in [4.78, 5) is 12.9. The van der Waals surface area contributed by atoms with E-state index in [0.29, 0.717) is 5.02 Å². The number of aryl methyl sites for hydroxylation is 2. The molecule has 0 spiro atoms. The number of hydrazone groups is 1. The van der Waals surface area contributed by atoms with Crippen LogP contribution >= 0.6 is 11.6 Å². The number of carbonyl (C=O) groups is 1. The number of benzene rings is 3. The van der Waals surface area contributed by atoms with Crippen LogP contribution in [-0.2, 0) is 14.8 Å². The Bertz CT molecular complexity index is 1550. The zero-order valence-corrected chi connectivity index (χ0v) is 22.3. The fourth-order valence-corrected chi connectivity index (χ4v) is 5.61. The Morgan fingerprint density at radius 1 is 0.973 bits per heavy atom. The fourth-order valence-electron chi connectivity index (χ4n) is 4.00. The van der Waals surface area contributed by atoms with Gasteiger partial charge in [0, 0.05) is 27.7 Å². The van der Waals surface area contributed by atoms with Gasteiger partial charge in [-0.05, 0) is 68.8 Å². The Hall–Kier alpha value is -3.88. The van der Waals surface area contributed by atoms with Gasteiger partial charge in [0.05, 0.1) is 16.8 Å². The van der Waals surface area contributed by atoms with Gasteiger partial charge in [-0.1, -0.05) is 54.1 Å². The van der Waals surface area contributed by atoms with Gasteiger partial charge in [0.15, 0.2) is 0 Å². The molecule has 7 nitrogen and oxygen atoms in total. The molecule has 1 aromatic heterocycles. The van der Waals surface area contributed by atoms with E-state index < -0.39 is 22.5 Å². The van der Waals surface area contributed by atoms with Gasteiger partial charge in [0.1, 0.15) is 6.54 Å². The zero-order chi connectivity index (χ0) is 26.6. The summed E-state index contributed by atoms with van der Waals surface area (Å²) in [6.45, 7) is 5.31. The van der Waals surface area contributed by atoms with Crippen molar-refractivity contribution in [3.8, 4) is 5.69 Å². The van der Waals surface area contributed by atoms with Crippen molar-refractivity contribution in [2.45, 2.75) is 25.7 Å². The van der Waals surface area contributed by atoms with Crippen LogP contribution in [-0.4, -0.2) is 31.7 Å². The van der Waals surface area contributed by atoms with E-state index in [9.17, 15) is 13.2 Å². The van der Waals surface area contributed by atoms with E-state index in [0.717, 1.165) is 32.5 Å². The molecule has 4 aromatic rings.